The van der Waals surface area contributed by atoms with Crippen LogP contribution in [0, 0.1) is 5.92 Å². The molecule has 22 heavy (non-hydrogen) atoms. The van der Waals surface area contributed by atoms with Gasteiger partial charge in [-0.2, -0.15) is 0 Å². The lowest BCUT2D eigenvalue weighted by atomic mass is 9.91. The second kappa shape index (κ2) is 7.73. The van der Waals surface area contributed by atoms with E-state index in [0.717, 1.165) is 38.9 Å². The molecule has 2 fully saturated rings. The molecular weight excluding hydrogens is 284 g/mol. The topological polar surface area (TPSA) is 84.2 Å². The van der Waals surface area contributed by atoms with Crippen molar-refractivity contribution in [2.24, 2.45) is 5.92 Å². The van der Waals surface area contributed by atoms with Crippen molar-refractivity contribution in [2.45, 2.75) is 63.9 Å². The summed E-state index contributed by atoms with van der Waals surface area (Å²) >= 11 is 0. The molecule has 2 aliphatic rings. The number of nitrogens with zero attached hydrogens (tertiary/aromatic N) is 2. The van der Waals surface area contributed by atoms with Crippen LogP contribution in [0.25, 0.3) is 0 Å². The van der Waals surface area contributed by atoms with Gasteiger partial charge in [-0.05, 0) is 32.1 Å². The molecule has 0 radical (unpaired) electrons. The summed E-state index contributed by atoms with van der Waals surface area (Å²) in [6.45, 7) is 6.72. The van der Waals surface area contributed by atoms with Crippen molar-refractivity contribution in [3.63, 3.8) is 0 Å². The number of piperidine rings is 2. The molecule has 4 atom stereocenters. The van der Waals surface area contributed by atoms with Gasteiger partial charge in [-0.15, -0.1) is 0 Å². The standard InChI is InChI=1S/C16H30N2O4/c1-3-4-14(20)17-7-5-12(6-8-17)9-18-10-13(19)16(22)15(21)11(18)2/h11-13,15-16,19,21-22H,3-10H2,1-2H3/t11-,13+,15-,16-/m1/s1. The first kappa shape index (κ1) is 17.7. The van der Waals surface area contributed by atoms with Crippen LogP contribution in [-0.2, 0) is 4.79 Å². The lowest BCUT2D eigenvalue weighted by Gasteiger charge is -2.44. The quantitative estimate of drug-likeness (QED) is 0.670. The number of carbonyl (C=O) groups is 1. The van der Waals surface area contributed by atoms with Crippen LogP contribution in [0.1, 0.15) is 39.5 Å². The monoisotopic (exact) mass is 314 g/mol. The maximum absolute atomic E-state index is 11.9. The number of amides is 1. The van der Waals surface area contributed by atoms with Gasteiger partial charge in [0, 0.05) is 38.6 Å². The third kappa shape index (κ3) is 3.98. The molecule has 0 aromatic rings. The predicted octanol–water partition coefficient (Wildman–Crippen LogP) is -0.188. The Balaban J connectivity index is 1.82. The second-order valence-corrected chi connectivity index (χ2v) is 6.82. The largest absolute Gasteiger partial charge is 0.389 e. The van der Waals surface area contributed by atoms with Crippen molar-refractivity contribution in [3.8, 4) is 0 Å². The van der Waals surface area contributed by atoms with Gasteiger partial charge in [-0.3, -0.25) is 9.69 Å². The van der Waals surface area contributed by atoms with E-state index in [1.54, 1.807) is 0 Å². The number of rotatable bonds is 4. The average Bonchev–Trinajstić information content (AvgIpc) is 2.51. The molecule has 2 saturated heterocycles. The first-order chi connectivity index (χ1) is 10.4. The molecule has 0 aliphatic carbocycles. The fourth-order valence-corrected chi connectivity index (χ4v) is 3.55. The minimum absolute atomic E-state index is 0.154. The number of hydrogen-bond donors (Lipinski definition) is 3. The van der Waals surface area contributed by atoms with Crippen LogP contribution < -0.4 is 0 Å². The number of aliphatic hydroxyl groups is 3. The molecule has 3 N–H and O–H groups in total. The number of aliphatic hydroxyl groups excluding tert-OH is 3. The van der Waals surface area contributed by atoms with Gasteiger partial charge in [0.05, 0.1) is 12.2 Å². The molecule has 2 rings (SSSR count). The lowest BCUT2D eigenvalue weighted by Crippen LogP contribution is -2.61. The summed E-state index contributed by atoms with van der Waals surface area (Å²) < 4.78 is 0. The fourth-order valence-electron chi connectivity index (χ4n) is 3.55. The van der Waals surface area contributed by atoms with Crippen molar-refractivity contribution >= 4 is 5.91 Å². The summed E-state index contributed by atoms with van der Waals surface area (Å²) in [5, 5.41) is 29.5. The molecule has 0 aromatic carbocycles. The Bertz CT molecular complexity index is 371. The van der Waals surface area contributed by atoms with Crippen molar-refractivity contribution < 1.29 is 20.1 Å². The molecule has 128 valence electrons. The van der Waals surface area contributed by atoms with Gasteiger partial charge >= 0.3 is 0 Å². The Hall–Kier alpha value is -0.690. The zero-order valence-electron chi connectivity index (χ0n) is 13.7. The molecule has 6 nitrogen and oxygen atoms in total. The highest BCUT2D eigenvalue weighted by Crippen LogP contribution is 2.24. The van der Waals surface area contributed by atoms with E-state index in [4.69, 9.17) is 0 Å². The Morgan fingerprint density at radius 2 is 1.77 bits per heavy atom. The summed E-state index contributed by atoms with van der Waals surface area (Å²) in [5.41, 5.74) is 0. The molecule has 0 unspecified atom stereocenters. The smallest absolute Gasteiger partial charge is 0.222 e. The van der Waals surface area contributed by atoms with E-state index in [9.17, 15) is 20.1 Å². The summed E-state index contributed by atoms with van der Waals surface area (Å²) in [4.78, 5) is 15.9. The summed E-state index contributed by atoms with van der Waals surface area (Å²) in [6.07, 6.45) is 0.597. The highest BCUT2D eigenvalue weighted by atomic mass is 16.4. The second-order valence-electron chi connectivity index (χ2n) is 6.82. The van der Waals surface area contributed by atoms with E-state index in [-0.39, 0.29) is 11.9 Å². The summed E-state index contributed by atoms with van der Waals surface area (Å²) in [6, 6.07) is -0.154. The van der Waals surface area contributed by atoms with E-state index in [1.165, 1.54) is 0 Å². The van der Waals surface area contributed by atoms with Crippen molar-refractivity contribution in [3.05, 3.63) is 0 Å². The SMILES string of the molecule is CCCC(=O)N1CCC(CN2C[C@H](O)[C@@H](O)[C@H](O)[C@H]2C)CC1. The van der Waals surface area contributed by atoms with Crippen LogP contribution in [-0.4, -0.2) is 81.6 Å². The number of hydrogen-bond acceptors (Lipinski definition) is 5. The average molecular weight is 314 g/mol. The van der Waals surface area contributed by atoms with Gasteiger partial charge in [0.2, 0.25) is 5.91 Å². The van der Waals surface area contributed by atoms with Crippen molar-refractivity contribution in [1.82, 2.24) is 9.80 Å². The fraction of sp³-hybridized carbons (Fsp3) is 0.938. The van der Waals surface area contributed by atoms with Crippen LogP contribution in [0.2, 0.25) is 0 Å². The third-order valence-electron chi connectivity index (χ3n) is 5.16. The van der Waals surface area contributed by atoms with E-state index < -0.39 is 18.3 Å². The van der Waals surface area contributed by atoms with E-state index >= 15 is 0 Å². The van der Waals surface area contributed by atoms with Crippen LogP contribution in [0.4, 0.5) is 0 Å². The summed E-state index contributed by atoms with van der Waals surface area (Å²) in [7, 11) is 0. The minimum Gasteiger partial charge on any atom is -0.389 e. The minimum atomic E-state index is -1.06. The normalized spacial score (nSPS) is 34.9. The van der Waals surface area contributed by atoms with Gasteiger partial charge in [0.1, 0.15) is 6.10 Å². The predicted molar refractivity (Wildman–Crippen MR) is 83.3 cm³/mol. The van der Waals surface area contributed by atoms with Crippen LogP contribution in [0.5, 0.6) is 0 Å². The zero-order valence-corrected chi connectivity index (χ0v) is 13.7. The highest BCUT2D eigenvalue weighted by Gasteiger charge is 2.39. The first-order valence-corrected chi connectivity index (χ1v) is 8.50. The Morgan fingerprint density at radius 1 is 1.14 bits per heavy atom. The van der Waals surface area contributed by atoms with E-state index in [2.05, 4.69) is 4.90 Å². The molecule has 0 aromatic heterocycles. The van der Waals surface area contributed by atoms with Crippen LogP contribution in [0.3, 0.4) is 0 Å². The van der Waals surface area contributed by atoms with Gasteiger partial charge in [-0.25, -0.2) is 0 Å². The third-order valence-corrected chi connectivity index (χ3v) is 5.16. The van der Waals surface area contributed by atoms with Gasteiger partial charge in [0.15, 0.2) is 0 Å². The Morgan fingerprint density at radius 3 is 2.36 bits per heavy atom. The molecule has 2 aliphatic heterocycles. The Labute approximate surface area is 132 Å². The number of β-amino-alcohol motifs (C(OH)–C–C–N with tert-alkyl or cyclic N) is 1. The molecule has 6 heteroatoms. The van der Waals surface area contributed by atoms with Gasteiger partial charge < -0.3 is 20.2 Å². The Kier molecular flexibility index (Phi) is 6.20. The maximum Gasteiger partial charge on any atom is 0.222 e. The van der Waals surface area contributed by atoms with Gasteiger partial charge in [-0.1, -0.05) is 6.92 Å². The van der Waals surface area contributed by atoms with E-state index in [1.807, 2.05) is 18.7 Å². The molecule has 0 bridgehead atoms. The molecule has 0 saturated carbocycles. The van der Waals surface area contributed by atoms with Crippen molar-refractivity contribution in [2.75, 3.05) is 26.2 Å². The maximum atomic E-state index is 11.9. The van der Waals surface area contributed by atoms with Crippen LogP contribution >= 0.6 is 0 Å². The van der Waals surface area contributed by atoms with E-state index in [0.29, 0.717) is 18.9 Å². The summed E-state index contributed by atoms with van der Waals surface area (Å²) in [5.74, 6) is 0.726. The molecule has 1 amide bonds. The highest BCUT2D eigenvalue weighted by molar-refractivity contribution is 5.76. The number of likely N-dealkylation sites (tertiary alicyclic amines) is 2. The van der Waals surface area contributed by atoms with Gasteiger partial charge in [0.25, 0.3) is 0 Å². The number of carbonyl (C=O) groups excluding carboxylic acids is 1. The first-order valence-electron chi connectivity index (χ1n) is 8.50. The molecule has 0 spiro atoms. The molecular formula is C16H30N2O4. The molecule has 2 heterocycles. The lowest BCUT2D eigenvalue weighted by molar-refractivity contribution is -0.138. The zero-order chi connectivity index (χ0) is 16.3. The van der Waals surface area contributed by atoms with Crippen molar-refractivity contribution in [1.29, 1.82) is 0 Å². The van der Waals surface area contributed by atoms with Crippen LogP contribution in [0.15, 0.2) is 0 Å².